The zero-order valence-corrected chi connectivity index (χ0v) is 19.9. The van der Waals surface area contributed by atoms with Crippen molar-refractivity contribution >= 4 is 27.3 Å². The van der Waals surface area contributed by atoms with Crippen LogP contribution in [0.3, 0.4) is 0 Å². The average Bonchev–Trinajstić information content (AvgIpc) is 2.83. The molecule has 1 aliphatic rings. The Morgan fingerprint density at radius 3 is 2.47 bits per heavy atom. The lowest BCUT2D eigenvalue weighted by molar-refractivity contribution is -0.127. The van der Waals surface area contributed by atoms with Crippen LogP contribution in [0, 0.1) is 5.41 Å². The fraction of sp³-hybridized carbons (Fsp3) is 0.435. The summed E-state index contributed by atoms with van der Waals surface area (Å²) in [6.07, 6.45) is 0.760. The number of carbonyl (C=O) groups excluding carboxylic acids is 1. The Morgan fingerprint density at radius 1 is 1.09 bits per heavy atom. The molecule has 0 atom stereocenters. The van der Waals surface area contributed by atoms with Gasteiger partial charge in [-0.15, -0.1) is 0 Å². The molecular weight excluding hydrogens is 432 g/mol. The Bertz CT molecular complexity index is 1100. The van der Waals surface area contributed by atoms with Gasteiger partial charge in [0.25, 0.3) is 0 Å². The van der Waals surface area contributed by atoms with Crippen LogP contribution in [0.1, 0.15) is 32.8 Å². The van der Waals surface area contributed by atoms with Gasteiger partial charge in [0.2, 0.25) is 15.9 Å². The third-order valence-corrected chi connectivity index (χ3v) is 6.45. The van der Waals surface area contributed by atoms with Crippen molar-refractivity contribution in [2.45, 2.75) is 32.9 Å². The van der Waals surface area contributed by atoms with Crippen molar-refractivity contribution < 1.29 is 27.4 Å². The van der Waals surface area contributed by atoms with Gasteiger partial charge in [-0.05, 0) is 56.2 Å². The Hall–Kier alpha value is -2.94. The van der Waals surface area contributed by atoms with E-state index in [9.17, 15) is 13.2 Å². The lowest BCUT2D eigenvalue weighted by Gasteiger charge is -2.28. The maximum atomic E-state index is 13.1. The molecule has 2 aromatic rings. The number of amides is 1. The number of carbonyl (C=O) groups is 1. The van der Waals surface area contributed by atoms with Crippen LogP contribution in [-0.2, 0) is 20.6 Å². The van der Waals surface area contributed by atoms with Crippen molar-refractivity contribution in [3.63, 3.8) is 0 Å². The zero-order valence-electron chi connectivity index (χ0n) is 19.1. The van der Waals surface area contributed by atoms with Gasteiger partial charge in [0, 0.05) is 6.54 Å². The third-order valence-electron chi connectivity index (χ3n) is 5.19. The molecule has 0 bridgehead atoms. The summed E-state index contributed by atoms with van der Waals surface area (Å²) < 4.78 is 44.6. The van der Waals surface area contributed by atoms with Crippen LogP contribution in [0.15, 0.2) is 36.4 Å². The van der Waals surface area contributed by atoms with E-state index >= 15 is 0 Å². The number of anilines is 2. The van der Waals surface area contributed by atoms with Crippen molar-refractivity contribution in [2.24, 2.45) is 5.41 Å². The summed E-state index contributed by atoms with van der Waals surface area (Å²) >= 11 is 0. The van der Waals surface area contributed by atoms with E-state index in [1.807, 2.05) is 20.8 Å². The number of hydrogen-bond donors (Lipinski definition) is 1. The second kappa shape index (κ2) is 9.28. The minimum absolute atomic E-state index is 0.0524. The molecule has 0 fully saturated rings. The molecule has 0 aromatic heterocycles. The van der Waals surface area contributed by atoms with Crippen LogP contribution in [0.5, 0.6) is 17.2 Å². The average molecular weight is 463 g/mol. The molecule has 9 heteroatoms. The molecule has 3 rings (SSSR count). The maximum absolute atomic E-state index is 13.1. The smallest absolute Gasteiger partial charge is 0.236 e. The first kappa shape index (κ1) is 23.7. The van der Waals surface area contributed by atoms with Gasteiger partial charge in [-0.1, -0.05) is 13.0 Å². The van der Waals surface area contributed by atoms with E-state index < -0.39 is 15.4 Å². The van der Waals surface area contributed by atoms with Crippen LogP contribution in [0.2, 0.25) is 0 Å². The molecule has 1 heterocycles. The quantitative estimate of drug-likeness (QED) is 0.641. The molecular formula is C23H30N2O6S. The molecule has 1 aliphatic heterocycles. The highest BCUT2D eigenvalue weighted by Gasteiger charge is 2.37. The molecule has 0 aliphatic carbocycles. The maximum Gasteiger partial charge on any atom is 0.236 e. The summed E-state index contributed by atoms with van der Waals surface area (Å²) in [5.41, 5.74) is 0.800. The van der Waals surface area contributed by atoms with E-state index in [2.05, 4.69) is 4.72 Å². The molecule has 1 N–H and O–H groups in total. The molecule has 0 saturated carbocycles. The first-order chi connectivity index (χ1) is 15.1. The monoisotopic (exact) mass is 462 g/mol. The first-order valence-corrected chi connectivity index (χ1v) is 12.1. The van der Waals surface area contributed by atoms with E-state index in [4.69, 9.17) is 14.2 Å². The normalized spacial score (nSPS) is 15.4. The number of methoxy groups -OCH3 is 2. The highest BCUT2D eigenvalue weighted by Crippen LogP contribution is 2.38. The predicted molar refractivity (Wildman–Crippen MR) is 124 cm³/mol. The van der Waals surface area contributed by atoms with Crippen molar-refractivity contribution in [1.82, 2.24) is 0 Å². The molecule has 8 nitrogen and oxygen atoms in total. The minimum Gasteiger partial charge on any atom is -0.493 e. The van der Waals surface area contributed by atoms with Crippen LogP contribution in [0.25, 0.3) is 0 Å². The van der Waals surface area contributed by atoms with E-state index in [1.54, 1.807) is 41.3 Å². The van der Waals surface area contributed by atoms with Gasteiger partial charge in [0.15, 0.2) is 11.5 Å². The van der Waals surface area contributed by atoms with Crippen LogP contribution >= 0.6 is 0 Å². The van der Waals surface area contributed by atoms with Gasteiger partial charge in [0.1, 0.15) is 12.4 Å². The Labute approximate surface area is 189 Å². The lowest BCUT2D eigenvalue weighted by atomic mass is 9.93. The number of hydrogen-bond acceptors (Lipinski definition) is 6. The standard InChI is InChI=1S/C23H30N2O6S/c1-6-11-25-18-13-17(8-10-19(18)31-15-23(2,3)22(25)26)24-32(27,28)14-16-7-9-20(29-4)21(12-16)30-5/h7-10,12-13,24H,6,11,14-15H2,1-5H3. The highest BCUT2D eigenvalue weighted by atomic mass is 32.2. The molecule has 0 spiro atoms. The van der Waals surface area contributed by atoms with Gasteiger partial charge in [-0.25, -0.2) is 8.42 Å². The molecule has 1 amide bonds. The summed E-state index contributed by atoms with van der Waals surface area (Å²) in [5.74, 6) is 1.24. The largest absolute Gasteiger partial charge is 0.493 e. The second-order valence-electron chi connectivity index (χ2n) is 8.36. The molecule has 0 unspecified atom stereocenters. The van der Waals surface area contributed by atoms with Crippen molar-refractivity contribution in [3.8, 4) is 17.2 Å². The summed E-state index contributed by atoms with van der Waals surface area (Å²) in [5, 5.41) is 0. The van der Waals surface area contributed by atoms with Crippen molar-refractivity contribution in [2.75, 3.05) is 37.0 Å². The van der Waals surface area contributed by atoms with Gasteiger partial charge < -0.3 is 19.1 Å². The number of fused-ring (bicyclic) bond motifs is 1. The van der Waals surface area contributed by atoms with Gasteiger partial charge in [-0.3, -0.25) is 9.52 Å². The Kier molecular flexibility index (Phi) is 6.88. The molecule has 174 valence electrons. The number of nitrogens with zero attached hydrogens (tertiary/aromatic N) is 1. The predicted octanol–water partition coefficient (Wildman–Crippen LogP) is 3.81. The number of nitrogens with one attached hydrogen (secondary N) is 1. The number of benzene rings is 2. The number of sulfonamides is 1. The zero-order chi connectivity index (χ0) is 23.5. The van der Waals surface area contributed by atoms with Crippen molar-refractivity contribution in [1.29, 1.82) is 0 Å². The van der Waals surface area contributed by atoms with E-state index in [0.717, 1.165) is 6.42 Å². The van der Waals surface area contributed by atoms with Crippen LogP contribution in [-0.4, -0.2) is 41.7 Å². The van der Waals surface area contributed by atoms with Gasteiger partial charge in [-0.2, -0.15) is 0 Å². The lowest BCUT2D eigenvalue weighted by Crippen LogP contribution is -2.42. The third kappa shape index (κ3) is 5.09. The van der Waals surface area contributed by atoms with Gasteiger partial charge >= 0.3 is 0 Å². The SMILES string of the molecule is CCCN1C(=O)C(C)(C)COc2ccc(NS(=O)(=O)Cc3ccc(OC)c(OC)c3)cc21. The Morgan fingerprint density at radius 2 is 1.81 bits per heavy atom. The minimum atomic E-state index is -3.72. The van der Waals surface area contributed by atoms with Gasteiger partial charge in [0.05, 0.1) is 36.8 Å². The Balaban J connectivity index is 1.87. The summed E-state index contributed by atoms with van der Waals surface area (Å²) in [6.45, 7) is 6.44. The van der Waals surface area contributed by atoms with E-state index in [-0.39, 0.29) is 18.3 Å². The second-order valence-corrected chi connectivity index (χ2v) is 10.1. The summed E-state index contributed by atoms with van der Waals surface area (Å²) in [7, 11) is -0.708. The first-order valence-electron chi connectivity index (χ1n) is 10.4. The number of ether oxygens (including phenoxy) is 3. The van der Waals surface area contributed by atoms with Crippen molar-refractivity contribution in [3.05, 3.63) is 42.0 Å². The molecule has 32 heavy (non-hydrogen) atoms. The van der Waals surface area contributed by atoms with Crippen LogP contribution in [0.4, 0.5) is 11.4 Å². The molecule has 0 radical (unpaired) electrons. The number of rotatable bonds is 8. The molecule has 0 saturated heterocycles. The molecule has 2 aromatic carbocycles. The van der Waals surface area contributed by atoms with E-state index in [1.165, 1.54) is 14.2 Å². The fourth-order valence-electron chi connectivity index (χ4n) is 3.56. The summed E-state index contributed by atoms with van der Waals surface area (Å²) in [6, 6.07) is 9.95. The topological polar surface area (TPSA) is 94.2 Å². The summed E-state index contributed by atoms with van der Waals surface area (Å²) in [4.78, 5) is 14.7. The fourth-order valence-corrected chi connectivity index (χ4v) is 4.74. The van der Waals surface area contributed by atoms with E-state index in [0.29, 0.717) is 40.7 Å². The highest BCUT2D eigenvalue weighted by molar-refractivity contribution is 7.91. The van der Waals surface area contributed by atoms with Crippen LogP contribution < -0.4 is 23.8 Å².